The van der Waals surface area contributed by atoms with Gasteiger partial charge in [-0.2, -0.15) is 0 Å². The fourth-order valence-corrected chi connectivity index (χ4v) is 2.30. The van der Waals surface area contributed by atoms with E-state index < -0.39 is 11.9 Å². The first-order chi connectivity index (χ1) is 6.36. The van der Waals surface area contributed by atoms with Crippen molar-refractivity contribution in [2.45, 2.75) is 38.8 Å². The second-order valence-electron chi connectivity index (χ2n) is 5.28. The summed E-state index contributed by atoms with van der Waals surface area (Å²) in [6.07, 6.45) is -1.24. The van der Waals surface area contributed by atoms with Gasteiger partial charge in [0.1, 0.15) is 11.7 Å². The topological polar surface area (TPSA) is 58.9 Å². The second kappa shape index (κ2) is 2.92. The van der Waals surface area contributed by atoms with Gasteiger partial charge in [-0.25, -0.2) is 0 Å². The van der Waals surface area contributed by atoms with Gasteiger partial charge in [0.2, 0.25) is 0 Å². The van der Waals surface area contributed by atoms with Crippen molar-refractivity contribution < 1.29 is 19.7 Å². The highest BCUT2D eigenvalue weighted by molar-refractivity contribution is 5.05. The average molecular weight is 202 g/mol. The summed E-state index contributed by atoms with van der Waals surface area (Å²) < 4.78 is 10.5. The molecule has 0 aromatic carbocycles. The first-order valence-corrected chi connectivity index (χ1v) is 5.00. The number of hydrogen-bond donors (Lipinski definition) is 2. The fraction of sp³-hybridized carbons (Fsp3) is 1.00. The van der Waals surface area contributed by atoms with Crippen molar-refractivity contribution in [2.75, 3.05) is 13.2 Å². The lowest BCUT2D eigenvalue weighted by Crippen LogP contribution is -2.50. The van der Waals surface area contributed by atoms with Crippen LogP contribution in [-0.4, -0.2) is 41.4 Å². The zero-order valence-corrected chi connectivity index (χ0v) is 8.86. The van der Waals surface area contributed by atoms with E-state index in [4.69, 9.17) is 9.47 Å². The molecule has 2 heterocycles. The monoisotopic (exact) mass is 202 g/mol. The lowest BCUT2D eigenvalue weighted by atomic mass is 9.70. The molecule has 2 rings (SSSR count). The van der Waals surface area contributed by atoms with Gasteiger partial charge in [-0.3, -0.25) is 0 Å². The number of hydrogen-bond acceptors (Lipinski definition) is 4. The van der Waals surface area contributed by atoms with Gasteiger partial charge in [-0.05, 0) is 5.41 Å². The molecular formula is C10H18O4. The Labute approximate surface area is 83.8 Å². The molecule has 4 nitrogen and oxygen atoms in total. The van der Waals surface area contributed by atoms with E-state index in [1.54, 1.807) is 0 Å². The van der Waals surface area contributed by atoms with Crippen LogP contribution in [0.3, 0.4) is 0 Å². The predicted octanol–water partition coefficient (Wildman–Crippen LogP) is 0.127. The first kappa shape index (κ1) is 10.4. The van der Waals surface area contributed by atoms with Gasteiger partial charge < -0.3 is 19.7 Å². The molecule has 0 aromatic heterocycles. The summed E-state index contributed by atoms with van der Waals surface area (Å²) in [6.45, 7) is 6.59. The minimum Gasteiger partial charge on any atom is -0.386 e. The molecule has 2 fully saturated rings. The molecule has 4 heteroatoms. The molecule has 0 radical (unpaired) electrons. The number of fused-ring (bicyclic) bond motifs is 1. The van der Waals surface area contributed by atoms with E-state index in [0.29, 0.717) is 6.61 Å². The van der Waals surface area contributed by atoms with Crippen molar-refractivity contribution >= 4 is 0 Å². The van der Waals surface area contributed by atoms with Crippen LogP contribution in [0.2, 0.25) is 0 Å². The van der Waals surface area contributed by atoms with E-state index >= 15 is 0 Å². The van der Waals surface area contributed by atoms with Gasteiger partial charge in [0.05, 0.1) is 13.2 Å². The summed E-state index contributed by atoms with van der Waals surface area (Å²) in [4.78, 5) is 0. The third-order valence-corrected chi connectivity index (χ3v) is 3.53. The third-order valence-electron chi connectivity index (χ3n) is 3.53. The van der Waals surface area contributed by atoms with Gasteiger partial charge in [0.25, 0.3) is 0 Å². The van der Waals surface area contributed by atoms with Crippen molar-refractivity contribution in [1.82, 2.24) is 0 Å². The summed E-state index contributed by atoms with van der Waals surface area (Å²) in [6, 6.07) is 0. The molecule has 2 N–H and O–H groups in total. The number of ether oxygens (including phenoxy) is 2. The lowest BCUT2D eigenvalue weighted by molar-refractivity contribution is -0.140. The van der Waals surface area contributed by atoms with Crippen molar-refractivity contribution in [2.24, 2.45) is 11.3 Å². The van der Waals surface area contributed by atoms with E-state index in [-0.39, 0.29) is 24.0 Å². The Morgan fingerprint density at radius 3 is 2.50 bits per heavy atom. The Bertz CT molecular complexity index is 235. The molecular weight excluding hydrogens is 184 g/mol. The molecule has 0 amide bonds. The van der Waals surface area contributed by atoms with Gasteiger partial charge in [0, 0.05) is 5.92 Å². The molecule has 14 heavy (non-hydrogen) atoms. The van der Waals surface area contributed by atoms with Crippen LogP contribution in [0.25, 0.3) is 0 Å². The normalized spacial score (nSPS) is 48.2. The molecule has 0 aromatic rings. The molecule has 0 spiro atoms. The summed E-state index contributed by atoms with van der Waals surface area (Å²) in [7, 11) is 0. The van der Waals surface area contributed by atoms with Crippen molar-refractivity contribution in [3.8, 4) is 0 Å². The quantitative estimate of drug-likeness (QED) is 0.586. The fourth-order valence-electron chi connectivity index (χ4n) is 2.30. The maximum Gasteiger partial charge on any atom is 0.181 e. The van der Waals surface area contributed by atoms with Crippen LogP contribution in [0.5, 0.6) is 0 Å². The van der Waals surface area contributed by atoms with E-state index in [0.717, 1.165) is 0 Å². The predicted molar refractivity (Wildman–Crippen MR) is 49.6 cm³/mol. The SMILES string of the molecule is CC(C)(C)[C@@]1(O)CO[C@@H]2[C@@H](O)OC[C@@H]21. The summed E-state index contributed by atoms with van der Waals surface area (Å²) in [5.41, 5.74) is -1.16. The van der Waals surface area contributed by atoms with Gasteiger partial charge in [0.15, 0.2) is 6.29 Å². The molecule has 2 aliphatic heterocycles. The minimum absolute atomic E-state index is 0.113. The Kier molecular flexibility index (Phi) is 2.16. The van der Waals surface area contributed by atoms with Crippen LogP contribution in [0.1, 0.15) is 20.8 Å². The minimum atomic E-state index is -0.894. The van der Waals surface area contributed by atoms with Crippen LogP contribution in [0.15, 0.2) is 0 Å². The van der Waals surface area contributed by atoms with Crippen LogP contribution >= 0.6 is 0 Å². The molecule has 2 aliphatic rings. The molecule has 4 atom stereocenters. The standard InChI is InChI=1S/C10H18O4/c1-9(2,3)10(12)5-14-7-6(10)4-13-8(7)11/h6-8,11-12H,4-5H2,1-3H3/t6-,7-,8-,10+/m0/s1. The van der Waals surface area contributed by atoms with Crippen molar-refractivity contribution in [3.63, 3.8) is 0 Å². The van der Waals surface area contributed by atoms with Crippen LogP contribution in [0.4, 0.5) is 0 Å². The Morgan fingerprint density at radius 2 is 1.93 bits per heavy atom. The maximum atomic E-state index is 10.5. The molecule has 0 bridgehead atoms. The Balaban J connectivity index is 2.25. The van der Waals surface area contributed by atoms with Gasteiger partial charge in [-0.15, -0.1) is 0 Å². The van der Waals surface area contributed by atoms with Crippen LogP contribution in [-0.2, 0) is 9.47 Å². The highest BCUT2D eigenvalue weighted by Gasteiger charge is 2.59. The second-order valence-corrected chi connectivity index (χ2v) is 5.28. The molecule has 82 valence electrons. The number of rotatable bonds is 0. The molecule has 0 aliphatic carbocycles. The van der Waals surface area contributed by atoms with Crippen molar-refractivity contribution in [1.29, 1.82) is 0 Å². The molecule has 0 saturated carbocycles. The molecule has 0 unspecified atom stereocenters. The zero-order chi connectivity index (χ0) is 10.6. The average Bonchev–Trinajstić information content (AvgIpc) is 2.55. The smallest absolute Gasteiger partial charge is 0.181 e. The van der Waals surface area contributed by atoms with E-state index in [9.17, 15) is 10.2 Å². The third kappa shape index (κ3) is 1.21. The Morgan fingerprint density at radius 1 is 1.29 bits per heavy atom. The summed E-state index contributed by atoms with van der Waals surface area (Å²) in [5.74, 6) is -0.113. The zero-order valence-electron chi connectivity index (χ0n) is 8.86. The van der Waals surface area contributed by atoms with Gasteiger partial charge >= 0.3 is 0 Å². The lowest BCUT2D eigenvalue weighted by Gasteiger charge is -2.39. The van der Waals surface area contributed by atoms with E-state index in [2.05, 4.69) is 0 Å². The van der Waals surface area contributed by atoms with E-state index in [1.165, 1.54) is 0 Å². The summed E-state index contributed by atoms with van der Waals surface area (Å²) >= 11 is 0. The summed E-state index contributed by atoms with van der Waals surface area (Å²) in [5, 5.41) is 19.9. The van der Waals surface area contributed by atoms with E-state index in [1.807, 2.05) is 20.8 Å². The van der Waals surface area contributed by atoms with Crippen LogP contribution in [0, 0.1) is 11.3 Å². The highest BCUT2D eigenvalue weighted by Crippen LogP contribution is 2.47. The van der Waals surface area contributed by atoms with Crippen molar-refractivity contribution in [3.05, 3.63) is 0 Å². The highest BCUT2D eigenvalue weighted by atomic mass is 16.7. The van der Waals surface area contributed by atoms with Crippen LogP contribution < -0.4 is 0 Å². The number of aliphatic hydroxyl groups is 2. The molecule has 2 saturated heterocycles. The maximum absolute atomic E-state index is 10.5. The first-order valence-electron chi connectivity index (χ1n) is 5.00. The largest absolute Gasteiger partial charge is 0.386 e. The number of aliphatic hydroxyl groups excluding tert-OH is 1. The van der Waals surface area contributed by atoms with Gasteiger partial charge in [-0.1, -0.05) is 20.8 Å². The Hall–Kier alpha value is -0.160.